The minimum atomic E-state index is -3.34. The maximum Gasteiger partial charge on any atom is 0.435 e. The third-order valence-electron chi connectivity index (χ3n) is 2.23. The molecule has 0 unspecified atom stereocenters. The molecule has 7 heteroatoms. The van der Waals surface area contributed by atoms with Crippen molar-refractivity contribution in [2.75, 3.05) is 18.3 Å². The Labute approximate surface area is 105 Å². The summed E-state index contributed by atoms with van der Waals surface area (Å²) in [5.41, 5.74) is 1.65. The van der Waals surface area contributed by atoms with E-state index in [1.165, 1.54) is 0 Å². The Morgan fingerprint density at radius 1 is 1.28 bits per heavy atom. The minimum absolute atomic E-state index is 0.296. The van der Waals surface area contributed by atoms with Crippen molar-refractivity contribution >= 4 is 24.7 Å². The lowest BCUT2D eigenvalue weighted by Gasteiger charge is -2.16. The van der Waals surface area contributed by atoms with Crippen LogP contribution in [-0.4, -0.2) is 23.2 Å². The van der Waals surface area contributed by atoms with Crippen LogP contribution in [0.5, 0.6) is 0 Å². The van der Waals surface area contributed by atoms with Crippen molar-refractivity contribution in [3.63, 3.8) is 0 Å². The molecule has 6 nitrogen and oxygen atoms in total. The van der Waals surface area contributed by atoms with Crippen LogP contribution in [-0.2, 0) is 13.6 Å². The van der Waals surface area contributed by atoms with Gasteiger partial charge in [0.2, 0.25) is 5.95 Å². The van der Waals surface area contributed by atoms with E-state index >= 15 is 0 Å². The van der Waals surface area contributed by atoms with Gasteiger partial charge in [-0.15, -0.1) is 0 Å². The van der Waals surface area contributed by atoms with Gasteiger partial charge < -0.3 is 4.98 Å². The Kier molecular flexibility index (Phi) is 4.01. The summed E-state index contributed by atoms with van der Waals surface area (Å²) in [6.45, 7) is 4.10. The number of imidazole rings is 1. The van der Waals surface area contributed by atoms with Crippen molar-refractivity contribution in [3.8, 4) is 0 Å². The molecular weight excluding hydrogens is 253 g/mol. The van der Waals surface area contributed by atoms with E-state index in [1.54, 1.807) is 13.8 Å². The Bertz CT molecular complexity index is 526. The molecule has 0 aliphatic heterocycles. The molecule has 0 amide bonds. The quantitative estimate of drug-likeness (QED) is 0.788. The molecule has 0 atom stereocenters. The van der Waals surface area contributed by atoms with Crippen molar-refractivity contribution in [2.45, 2.75) is 13.8 Å². The first-order valence-electron chi connectivity index (χ1n) is 5.79. The van der Waals surface area contributed by atoms with Crippen LogP contribution in [0.4, 0.5) is 5.95 Å². The van der Waals surface area contributed by atoms with E-state index < -0.39 is 7.75 Å². The molecule has 1 aromatic carbocycles. The number of nitrogens with one attached hydrogen (secondary N) is 2. The first kappa shape index (κ1) is 13.1. The number of hydrogen-bond acceptors (Lipinski definition) is 4. The zero-order valence-electron chi connectivity index (χ0n) is 10.3. The molecule has 0 radical (unpaired) electrons. The van der Waals surface area contributed by atoms with Crippen molar-refractivity contribution in [3.05, 3.63) is 24.3 Å². The third-order valence-corrected chi connectivity index (χ3v) is 3.91. The predicted octanol–water partition coefficient (Wildman–Crippen LogP) is 3.16. The lowest BCUT2D eigenvalue weighted by Crippen LogP contribution is -2.05. The van der Waals surface area contributed by atoms with Gasteiger partial charge in [-0.2, -0.15) is 0 Å². The summed E-state index contributed by atoms with van der Waals surface area (Å²) in [7, 11) is -3.34. The van der Waals surface area contributed by atoms with Crippen LogP contribution in [0.1, 0.15) is 13.8 Å². The van der Waals surface area contributed by atoms with E-state index in [0.717, 1.165) is 11.0 Å². The maximum absolute atomic E-state index is 12.2. The number of aromatic nitrogens is 2. The van der Waals surface area contributed by atoms with Crippen LogP contribution in [0.15, 0.2) is 24.3 Å². The Morgan fingerprint density at radius 2 is 1.94 bits per heavy atom. The van der Waals surface area contributed by atoms with E-state index in [4.69, 9.17) is 9.05 Å². The summed E-state index contributed by atoms with van der Waals surface area (Å²) in [6, 6.07) is 7.54. The average Bonchev–Trinajstić information content (AvgIpc) is 2.70. The number of para-hydroxylation sites is 2. The van der Waals surface area contributed by atoms with Crippen LogP contribution in [0.25, 0.3) is 11.0 Å². The van der Waals surface area contributed by atoms with Crippen LogP contribution >= 0.6 is 7.75 Å². The SMILES string of the molecule is CCOP(=O)(Nc1nc2ccccc2[nH]1)OCC. The summed E-state index contributed by atoms with van der Waals surface area (Å²) in [5, 5.41) is 2.69. The van der Waals surface area contributed by atoms with Gasteiger partial charge in [-0.05, 0) is 26.0 Å². The molecule has 1 heterocycles. The summed E-state index contributed by atoms with van der Waals surface area (Å²) in [5.74, 6) is 0.376. The summed E-state index contributed by atoms with van der Waals surface area (Å²) in [4.78, 5) is 7.28. The smallest absolute Gasteiger partial charge is 0.324 e. The van der Waals surface area contributed by atoms with E-state index in [2.05, 4.69) is 15.1 Å². The van der Waals surface area contributed by atoms with Gasteiger partial charge in [-0.1, -0.05) is 12.1 Å². The highest BCUT2D eigenvalue weighted by Gasteiger charge is 2.25. The molecule has 0 aliphatic carbocycles. The van der Waals surface area contributed by atoms with E-state index in [0.29, 0.717) is 19.2 Å². The van der Waals surface area contributed by atoms with Crippen molar-refractivity contribution < 1.29 is 13.6 Å². The molecule has 18 heavy (non-hydrogen) atoms. The highest BCUT2D eigenvalue weighted by molar-refractivity contribution is 7.55. The lowest BCUT2D eigenvalue weighted by atomic mass is 10.3. The second kappa shape index (κ2) is 5.52. The standard InChI is InChI=1S/C11H16N3O3P/c1-3-16-18(15,17-4-2)14-11-12-9-7-5-6-8-10(9)13-11/h5-8H,3-4H2,1-2H3,(H2,12,13,14,15). The third kappa shape index (κ3) is 2.90. The lowest BCUT2D eigenvalue weighted by molar-refractivity contribution is 0.225. The van der Waals surface area contributed by atoms with Crippen LogP contribution in [0.2, 0.25) is 0 Å². The molecule has 0 fully saturated rings. The van der Waals surface area contributed by atoms with Gasteiger partial charge in [0.05, 0.1) is 24.2 Å². The van der Waals surface area contributed by atoms with Gasteiger partial charge in [-0.3, -0.25) is 14.1 Å². The Balaban J connectivity index is 2.23. The summed E-state index contributed by atoms with van der Waals surface area (Å²) in [6.07, 6.45) is 0. The van der Waals surface area contributed by atoms with Crippen molar-refractivity contribution in [2.24, 2.45) is 0 Å². The van der Waals surface area contributed by atoms with Crippen LogP contribution in [0, 0.1) is 0 Å². The second-order valence-electron chi connectivity index (χ2n) is 3.55. The molecule has 0 bridgehead atoms. The van der Waals surface area contributed by atoms with Crippen molar-refractivity contribution in [1.82, 2.24) is 9.97 Å². The molecule has 0 spiro atoms. The number of nitrogens with zero attached hydrogens (tertiary/aromatic N) is 1. The largest absolute Gasteiger partial charge is 0.435 e. The minimum Gasteiger partial charge on any atom is -0.324 e. The number of anilines is 1. The molecule has 0 saturated carbocycles. The first-order chi connectivity index (χ1) is 8.67. The van der Waals surface area contributed by atoms with Gasteiger partial charge >= 0.3 is 7.75 Å². The number of fused-ring (bicyclic) bond motifs is 1. The highest BCUT2D eigenvalue weighted by Crippen LogP contribution is 2.47. The molecular formula is C11H16N3O3P. The topological polar surface area (TPSA) is 76.2 Å². The normalized spacial score (nSPS) is 11.9. The Hall–Kier alpha value is -1.36. The zero-order valence-corrected chi connectivity index (χ0v) is 11.2. The van der Waals surface area contributed by atoms with Gasteiger partial charge in [0.1, 0.15) is 0 Å². The van der Waals surface area contributed by atoms with E-state index in [9.17, 15) is 4.57 Å². The second-order valence-corrected chi connectivity index (χ2v) is 5.28. The van der Waals surface area contributed by atoms with Gasteiger partial charge in [0, 0.05) is 0 Å². The molecule has 2 N–H and O–H groups in total. The zero-order chi connectivity index (χ0) is 13.0. The van der Waals surface area contributed by atoms with Gasteiger partial charge in [0.25, 0.3) is 0 Å². The monoisotopic (exact) mass is 269 g/mol. The fourth-order valence-corrected chi connectivity index (χ4v) is 2.83. The first-order valence-corrected chi connectivity index (χ1v) is 7.33. The number of hydrogen-bond donors (Lipinski definition) is 2. The average molecular weight is 269 g/mol. The number of H-pyrrole nitrogens is 1. The molecule has 2 aromatic rings. The fraction of sp³-hybridized carbons (Fsp3) is 0.364. The fourth-order valence-electron chi connectivity index (χ4n) is 1.58. The van der Waals surface area contributed by atoms with Crippen LogP contribution < -0.4 is 5.09 Å². The summed E-state index contributed by atoms with van der Waals surface area (Å²) >= 11 is 0. The molecule has 0 saturated heterocycles. The molecule has 0 aliphatic rings. The van der Waals surface area contributed by atoms with E-state index in [1.807, 2.05) is 24.3 Å². The van der Waals surface area contributed by atoms with Crippen molar-refractivity contribution in [1.29, 1.82) is 0 Å². The number of aromatic amines is 1. The predicted molar refractivity (Wildman–Crippen MR) is 70.6 cm³/mol. The molecule has 98 valence electrons. The number of benzene rings is 1. The van der Waals surface area contributed by atoms with E-state index in [-0.39, 0.29) is 0 Å². The summed E-state index contributed by atoms with van der Waals surface area (Å²) < 4.78 is 22.5. The highest BCUT2D eigenvalue weighted by atomic mass is 31.2. The maximum atomic E-state index is 12.2. The Morgan fingerprint density at radius 3 is 2.56 bits per heavy atom. The van der Waals surface area contributed by atoms with Crippen LogP contribution in [0.3, 0.4) is 0 Å². The molecule has 2 rings (SSSR count). The molecule has 1 aromatic heterocycles. The number of rotatable bonds is 6. The van der Waals surface area contributed by atoms with Gasteiger partial charge in [0.15, 0.2) is 0 Å². The van der Waals surface area contributed by atoms with Gasteiger partial charge in [-0.25, -0.2) is 9.55 Å².